The van der Waals surface area contributed by atoms with Crippen molar-refractivity contribution in [3.8, 4) is 11.4 Å². The molecule has 1 atom stereocenters. The third-order valence-electron chi connectivity index (χ3n) is 4.59. The van der Waals surface area contributed by atoms with E-state index in [0.717, 1.165) is 16.7 Å². The first-order chi connectivity index (χ1) is 12.6. The zero-order chi connectivity index (χ0) is 18.1. The lowest BCUT2D eigenvalue weighted by molar-refractivity contribution is 0.0548. The largest absolute Gasteiger partial charge is 0.387 e. The highest BCUT2D eigenvalue weighted by Crippen LogP contribution is 2.27. The predicted octanol–water partition coefficient (Wildman–Crippen LogP) is 2.54. The summed E-state index contributed by atoms with van der Waals surface area (Å²) in [5, 5.41) is 10.4. The molecule has 0 radical (unpaired) electrons. The van der Waals surface area contributed by atoms with Gasteiger partial charge in [-0.15, -0.1) is 0 Å². The third-order valence-corrected chi connectivity index (χ3v) is 4.59. The second kappa shape index (κ2) is 6.65. The number of hydrogen-bond donors (Lipinski definition) is 1. The number of amides is 1. The Labute approximate surface area is 151 Å². The topological polar surface area (TPSA) is 79.2 Å². The molecule has 2 aromatic heterocycles. The monoisotopic (exact) mass is 346 g/mol. The number of carbonyl (C=O) groups excluding carboxylic acids is 1. The van der Waals surface area contributed by atoms with E-state index in [4.69, 9.17) is 0 Å². The number of nitrogens with zero attached hydrogens (tertiary/aromatic N) is 4. The SMILES string of the molecule is Cc1nc(-c2cccnc2)ncc1C(=O)N1Cc2ccccc2C(O)C1. The van der Waals surface area contributed by atoms with Crippen LogP contribution in [0.15, 0.2) is 55.0 Å². The Balaban J connectivity index is 1.61. The summed E-state index contributed by atoms with van der Waals surface area (Å²) in [6.07, 6.45) is 4.25. The van der Waals surface area contributed by atoms with E-state index in [1.54, 1.807) is 30.4 Å². The van der Waals surface area contributed by atoms with Crippen molar-refractivity contribution in [3.05, 3.63) is 77.4 Å². The minimum Gasteiger partial charge on any atom is -0.387 e. The van der Waals surface area contributed by atoms with Gasteiger partial charge in [0.25, 0.3) is 5.91 Å². The summed E-state index contributed by atoms with van der Waals surface area (Å²) in [5.41, 5.74) is 3.71. The Morgan fingerprint density at radius 2 is 2.04 bits per heavy atom. The summed E-state index contributed by atoms with van der Waals surface area (Å²) < 4.78 is 0. The second-order valence-corrected chi connectivity index (χ2v) is 6.33. The Bertz CT molecular complexity index is 959. The van der Waals surface area contributed by atoms with Crippen LogP contribution in [0.4, 0.5) is 0 Å². The van der Waals surface area contributed by atoms with Gasteiger partial charge in [-0.05, 0) is 30.2 Å². The number of aliphatic hydroxyl groups is 1. The highest BCUT2D eigenvalue weighted by molar-refractivity contribution is 5.95. The highest BCUT2D eigenvalue weighted by Gasteiger charge is 2.28. The van der Waals surface area contributed by atoms with Gasteiger partial charge in [0.2, 0.25) is 0 Å². The Morgan fingerprint density at radius 1 is 1.19 bits per heavy atom. The average Bonchev–Trinajstić information content (AvgIpc) is 2.68. The Morgan fingerprint density at radius 3 is 2.81 bits per heavy atom. The van der Waals surface area contributed by atoms with Gasteiger partial charge in [-0.1, -0.05) is 24.3 Å². The number of aryl methyl sites for hydroxylation is 1. The number of rotatable bonds is 2. The van der Waals surface area contributed by atoms with Gasteiger partial charge in [-0.3, -0.25) is 9.78 Å². The summed E-state index contributed by atoms with van der Waals surface area (Å²) in [7, 11) is 0. The molecule has 1 aliphatic rings. The van der Waals surface area contributed by atoms with E-state index in [1.165, 1.54) is 0 Å². The van der Waals surface area contributed by atoms with Crippen LogP contribution < -0.4 is 0 Å². The first-order valence-electron chi connectivity index (χ1n) is 8.42. The molecule has 1 amide bonds. The van der Waals surface area contributed by atoms with Crippen molar-refractivity contribution < 1.29 is 9.90 Å². The maximum absolute atomic E-state index is 12.9. The molecule has 6 heteroatoms. The molecule has 6 nitrogen and oxygen atoms in total. The summed E-state index contributed by atoms with van der Waals surface area (Å²) in [4.78, 5) is 27.4. The van der Waals surface area contributed by atoms with E-state index in [1.807, 2.05) is 36.4 Å². The van der Waals surface area contributed by atoms with E-state index in [0.29, 0.717) is 23.6 Å². The number of aliphatic hydroxyl groups excluding tert-OH is 1. The van der Waals surface area contributed by atoms with Crippen LogP contribution in [0.3, 0.4) is 0 Å². The molecule has 0 spiro atoms. The normalized spacial score (nSPS) is 16.2. The maximum Gasteiger partial charge on any atom is 0.257 e. The quantitative estimate of drug-likeness (QED) is 0.771. The molecule has 0 bridgehead atoms. The summed E-state index contributed by atoms with van der Waals surface area (Å²) in [6.45, 7) is 2.53. The van der Waals surface area contributed by atoms with Crippen LogP contribution >= 0.6 is 0 Å². The number of fused-ring (bicyclic) bond motifs is 1. The van der Waals surface area contributed by atoms with E-state index in [-0.39, 0.29) is 12.5 Å². The summed E-state index contributed by atoms with van der Waals surface area (Å²) in [5.74, 6) is 0.366. The fraction of sp³-hybridized carbons (Fsp3) is 0.200. The molecule has 1 aliphatic heterocycles. The van der Waals surface area contributed by atoms with Crippen LogP contribution in [0.1, 0.15) is 33.3 Å². The highest BCUT2D eigenvalue weighted by atomic mass is 16.3. The molecule has 1 aromatic carbocycles. The van der Waals surface area contributed by atoms with Crippen molar-refractivity contribution >= 4 is 5.91 Å². The third kappa shape index (κ3) is 2.95. The lowest BCUT2D eigenvalue weighted by Gasteiger charge is -2.32. The number of aromatic nitrogens is 3. The molecular weight excluding hydrogens is 328 g/mol. The van der Waals surface area contributed by atoms with Crippen LogP contribution in [-0.2, 0) is 6.54 Å². The molecule has 1 N–H and O–H groups in total. The lowest BCUT2D eigenvalue weighted by atomic mass is 9.97. The van der Waals surface area contributed by atoms with Gasteiger partial charge in [0.1, 0.15) is 0 Å². The van der Waals surface area contributed by atoms with E-state index < -0.39 is 6.10 Å². The van der Waals surface area contributed by atoms with Crippen LogP contribution in [0, 0.1) is 6.92 Å². The van der Waals surface area contributed by atoms with Crippen molar-refractivity contribution in [2.75, 3.05) is 6.54 Å². The van der Waals surface area contributed by atoms with E-state index >= 15 is 0 Å². The molecule has 3 aromatic rings. The van der Waals surface area contributed by atoms with Crippen molar-refractivity contribution in [2.24, 2.45) is 0 Å². The first kappa shape index (κ1) is 16.4. The molecule has 1 unspecified atom stereocenters. The molecule has 0 saturated heterocycles. The van der Waals surface area contributed by atoms with E-state index in [9.17, 15) is 9.90 Å². The number of benzene rings is 1. The van der Waals surface area contributed by atoms with Crippen LogP contribution in [0.25, 0.3) is 11.4 Å². The number of hydrogen-bond acceptors (Lipinski definition) is 5. The van der Waals surface area contributed by atoms with Gasteiger partial charge in [-0.2, -0.15) is 0 Å². The molecule has 3 heterocycles. The lowest BCUT2D eigenvalue weighted by Crippen LogP contribution is -2.38. The second-order valence-electron chi connectivity index (χ2n) is 6.33. The van der Waals surface area contributed by atoms with Crippen LogP contribution in [0.2, 0.25) is 0 Å². The molecule has 0 saturated carbocycles. The Hall–Kier alpha value is -3.12. The number of carbonyl (C=O) groups is 1. The fourth-order valence-corrected chi connectivity index (χ4v) is 3.22. The van der Waals surface area contributed by atoms with Crippen LogP contribution in [0.5, 0.6) is 0 Å². The van der Waals surface area contributed by atoms with Gasteiger partial charge in [-0.25, -0.2) is 9.97 Å². The van der Waals surface area contributed by atoms with Crippen LogP contribution in [-0.4, -0.2) is 37.4 Å². The molecule has 4 rings (SSSR count). The minimum absolute atomic E-state index is 0.172. The number of β-amino-alcohol motifs (C(OH)–C–C–N with tert-alkyl or cyclic N) is 1. The molecule has 0 aliphatic carbocycles. The van der Waals surface area contributed by atoms with Gasteiger partial charge in [0.05, 0.1) is 23.9 Å². The van der Waals surface area contributed by atoms with Gasteiger partial charge in [0, 0.05) is 30.7 Å². The first-order valence-corrected chi connectivity index (χ1v) is 8.42. The van der Waals surface area contributed by atoms with Crippen molar-refractivity contribution in [1.82, 2.24) is 19.9 Å². The van der Waals surface area contributed by atoms with Gasteiger partial charge in [0.15, 0.2) is 5.82 Å². The smallest absolute Gasteiger partial charge is 0.257 e. The predicted molar refractivity (Wildman–Crippen MR) is 96.1 cm³/mol. The molecule has 0 fully saturated rings. The average molecular weight is 346 g/mol. The molecular formula is C20H18N4O2. The zero-order valence-electron chi connectivity index (χ0n) is 14.3. The van der Waals surface area contributed by atoms with Gasteiger partial charge >= 0.3 is 0 Å². The van der Waals surface area contributed by atoms with Crippen molar-refractivity contribution in [1.29, 1.82) is 0 Å². The minimum atomic E-state index is -0.681. The molecule has 130 valence electrons. The zero-order valence-corrected chi connectivity index (χ0v) is 14.3. The van der Waals surface area contributed by atoms with Gasteiger partial charge < -0.3 is 10.0 Å². The van der Waals surface area contributed by atoms with Crippen molar-refractivity contribution in [3.63, 3.8) is 0 Å². The fourth-order valence-electron chi connectivity index (χ4n) is 3.22. The maximum atomic E-state index is 12.9. The molecule has 26 heavy (non-hydrogen) atoms. The summed E-state index contributed by atoms with van der Waals surface area (Å²) >= 11 is 0. The van der Waals surface area contributed by atoms with E-state index in [2.05, 4.69) is 15.0 Å². The Kier molecular flexibility index (Phi) is 4.18. The van der Waals surface area contributed by atoms with Crippen molar-refractivity contribution in [2.45, 2.75) is 19.6 Å². The summed E-state index contributed by atoms with van der Waals surface area (Å²) in [6, 6.07) is 11.3. The standard InChI is InChI=1S/C20H18N4O2/c1-13-17(10-22-19(23-13)14-6-4-8-21-9-14)20(26)24-11-15-5-2-3-7-16(15)18(25)12-24/h2-10,18,25H,11-12H2,1H3. The number of pyridine rings is 1.